The van der Waals surface area contributed by atoms with Crippen LogP contribution in [0, 0.1) is 0 Å². The highest BCUT2D eigenvalue weighted by atomic mass is 16.7. The summed E-state index contributed by atoms with van der Waals surface area (Å²) in [4.78, 5) is 11.3. The maximum Gasteiger partial charge on any atom is 0.507 e. The fourth-order valence-corrected chi connectivity index (χ4v) is 2.96. The number of carboxylic acid groups (broad SMARTS) is 1. The first-order valence-electron chi connectivity index (χ1n) is 7.57. The number of hydrogen-bond donors (Lipinski definition) is 1. The summed E-state index contributed by atoms with van der Waals surface area (Å²) >= 11 is 0. The van der Waals surface area contributed by atoms with Gasteiger partial charge in [-0.2, -0.15) is 0 Å². The molecule has 0 bridgehead atoms. The summed E-state index contributed by atoms with van der Waals surface area (Å²) in [5.41, 5.74) is -0.200. The zero-order valence-electron chi connectivity index (χ0n) is 12.9. The fourth-order valence-electron chi connectivity index (χ4n) is 2.96. The van der Waals surface area contributed by atoms with Crippen molar-refractivity contribution < 1.29 is 19.4 Å². The molecule has 0 saturated carbocycles. The van der Waals surface area contributed by atoms with Gasteiger partial charge in [0, 0.05) is 12.0 Å². The molecule has 1 aliphatic carbocycles. The second-order valence-corrected chi connectivity index (χ2v) is 5.36. The normalized spacial score (nSPS) is 20.1. The van der Waals surface area contributed by atoms with Crippen LogP contribution in [-0.4, -0.2) is 17.9 Å². The second kappa shape index (κ2) is 6.16. The maximum absolute atomic E-state index is 11.3. The van der Waals surface area contributed by atoms with Gasteiger partial charge >= 0.3 is 6.16 Å². The van der Waals surface area contributed by atoms with Gasteiger partial charge in [0.2, 0.25) is 0 Å². The first-order chi connectivity index (χ1) is 11.1. The van der Waals surface area contributed by atoms with Crippen LogP contribution in [0.15, 0.2) is 66.5 Å². The molecule has 0 aliphatic heterocycles. The van der Waals surface area contributed by atoms with Crippen molar-refractivity contribution in [3.8, 4) is 0 Å². The van der Waals surface area contributed by atoms with E-state index in [0.717, 1.165) is 22.1 Å². The van der Waals surface area contributed by atoms with E-state index in [2.05, 4.69) is 0 Å². The minimum Gasteiger partial charge on any atom is -0.494 e. The van der Waals surface area contributed by atoms with Crippen LogP contribution >= 0.6 is 0 Å². The van der Waals surface area contributed by atoms with Crippen molar-refractivity contribution in [3.05, 3.63) is 72.0 Å². The lowest BCUT2D eigenvalue weighted by Crippen LogP contribution is -2.31. The molecule has 1 N–H and O–H groups in total. The van der Waals surface area contributed by atoms with Crippen LogP contribution in [0.1, 0.15) is 18.9 Å². The lowest BCUT2D eigenvalue weighted by molar-refractivity contribution is 0.00813. The number of allylic oxidation sites excluding steroid dienone is 1. The summed E-state index contributed by atoms with van der Waals surface area (Å²) in [5, 5.41) is 11.3. The van der Waals surface area contributed by atoms with E-state index >= 15 is 0 Å². The Morgan fingerprint density at radius 2 is 2.00 bits per heavy atom. The molecule has 0 amide bonds. The third-order valence-corrected chi connectivity index (χ3v) is 3.95. The quantitative estimate of drug-likeness (QED) is 0.838. The average Bonchev–Trinajstić information content (AvgIpc) is 2.56. The van der Waals surface area contributed by atoms with Crippen LogP contribution in [0.3, 0.4) is 0 Å². The van der Waals surface area contributed by atoms with Crippen LogP contribution in [0.5, 0.6) is 0 Å². The SMILES string of the molecule is CCOC1=CCC(OC(=O)O)(c2cccc3ccccc23)C=C1. The first-order valence-corrected chi connectivity index (χ1v) is 7.57. The zero-order valence-corrected chi connectivity index (χ0v) is 12.9. The van der Waals surface area contributed by atoms with Crippen molar-refractivity contribution in [3.63, 3.8) is 0 Å². The van der Waals surface area contributed by atoms with Gasteiger partial charge in [0.05, 0.1) is 6.61 Å². The summed E-state index contributed by atoms with van der Waals surface area (Å²) in [6.07, 6.45) is 4.52. The van der Waals surface area contributed by atoms with Crippen LogP contribution in [-0.2, 0) is 15.1 Å². The van der Waals surface area contributed by atoms with Crippen molar-refractivity contribution in [2.45, 2.75) is 18.9 Å². The molecular weight excluding hydrogens is 292 g/mol. The Hall–Kier alpha value is -2.75. The largest absolute Gasteiger partial charge is 0.507 e. The Morgan fingerprint density at radius 3 is 2.70 bits per heavy atom. The third-order valence-electron chi connectivity index (χ3n) is 3.95. The van der Waals surface area contributed by atoms with E-state index in [1.807, 2.05) is 55.5 Å². The van der Waals surface area contributed by atoms with E-state index in [4.69, 9.17) is 9.47 Å². The van der Waals surface area contributed by atoms with Crippen molar-refractivity contribution in [2.75, 3.05) is 6.61 Å². The van der Waals surface area contributed by atoms with Gasteiger partial charge in [-0.15, -0.1) is 0 Å². The summed E-state index contributed by atoms with van der Waals surface area (Å²) in [6.45, 7) is 2.48. The van der Waals surface area contributed by atoms with Gasteiger partial charge in [-0.25, -0.2) is 4.79 Å². The molecule has 2 aromatic carbocycles. The van der Waals surface area contributed by atoms with Crippen molar-refractivity contribution in [1.82, 2.24) is 0 Å². The Labute approximate surface area is 134 Å². The number of carbonyl (C=O) groups is 1. The van der Waals surface area contributed by atoms with Crippen LogP contribution in [0.25, 0.3) is 10.8 Å². The minimum absolute atomic E-state index is 0.402. The predicted molar refractivity (Wildman–Crippen MR) is 88.2 cm³/mol. The van der Waals surface area contributed by atoms with E-state index in [1.54, 1.807) is 12.2 Å². The second-order valence-electron chi connectivity index (χ2n) is 5.36. The minimum atomic E-state index is -1.30. The number of benzene rings is 2. The van der Waals surface area contributed by atoms with Gasteiger partial charge < -0.3 is 14.6 Å². The first kappa shape index (κ1) is 15.2. The summed E-state index contributed by atoms with van der Waals surface area (Å²) in [6, 6.07) is 13.7. The van der Waals surface area contributed by atoms with Crippen molar-refractivity contribution >= 4 is 16.9 Å². The average molecular weight is 310 g/mol. The van der Waals surface area contributed by atoms with Crippen LogP contribution in [0.4, 0.5) is 4.79 Å². The highest BCUT2D eigenvalue weighted by Crippen LogP contribution is 2.39. The molecule has 1 unspecified atom stereocenters. The Kier molecular flexibility index (Phi) is 4.06. The van der Waals surface area contributed by atoms with E-state index < -0.39 is 11.8 Å². The highest BCUT2D eigenvalue weighted by Gasteiger charge is 2.36. The highest BCUT2D eigenvalue weighted by molar-refractivity contribution is 5.87. The van der Waals surface area contributed by atoms with Gasteiger partial charge in [0.25, 0.3) is 0 Å². The number of ether oxygens (including phenoxy) is 2. The molecule has 0 aromatic heterocycles. The summed E-state index contributed by atoms with van der Waals surface area (Å²) < 4.78 is 10.8. The predicted octanol–water partition coefficient (Wildman–Crippen LogP) is 4.61. The zero-order chi connectivity index (χ0) is 16.3. The Bertz CT molecular complexity index is 786. The Balaban J connectivity index is 2.10. The maximum atomic E-state index is 11.3. The molecule has 1 atom stereocenters. The van der Waals surface area contributed by atoms with E-state index in [9.17, 15) is 9.90 Å². The fraction of sp³-hybridized carbons (Fsp3) is 0.211. The molecule has 0 heterocycles. The lowest BCUT2D eigenvalue weighted by atomic mass is 9.84. The molecule has 4 heteroatoms. The number of rotatable bonds is 4. The van der Waals surface area contributed by atoms with Gasteiger partial charge in [-0.05, 0) is 35.9 Å². The van der Waals surface area contributed by atoms with Gasteiger partial charge in [0.15, 0.2) is 5.60 Å². The van der Waals surface area contributed by atoms with Crippen LogP contribution in [0.2, 0.25) is 0 Å². The lowest BCUT2D eigenvalue weighted by Gasteiger charge is -2.32. The molecule has 3 rings (SSSR count). The molecule has 4 nitrogen and oxygen atoms in total. The molecule has 1 aliphatic rings. The Morgan fingerprint density at radius 1 is 1.22 bits per heavy atom. The molecule has 0 spiro atoms. The monoisotopic (exact) mass is 310 g/mol. The molecule has 0 fully saturated rings. The topological polar surface area (TPSA) is 55.8 Å². The number of fused-ring (bicyclic) bond motifs is 1. The molecule has 118 valence electrons. The van der Waals surface area contributed by atoms with Crippen molar-refractivity contribution in [2.24, 2.45) is 0 Å². The molecule has 23 heavy (non-hydrogen) atoms. The van der Waals surface area contributed by atoms with Crippen molar-refractivity contribution in [1.29, 1.82) is 0 Å². The molecule has 0 saturated heterocycles. The van der Waals surface area contributed by atoms with Crippen LogP contribution < -0.4 is 0 Å². The molecule has 0 radical (unpaired) electrons. The molecular formula is C19H18O4. The third kappa shape index (κ3) is 2.93. The smallest absolute Gasteiger partial charge is 0.494 e. The van der Waals surface area contributed by atoms with E-state index in [-0.39, 0.29) is 0 Å². The molecule has 2 aromatic rings. The van der Waals surface area contributed by atoms with E-state index in [1.165, 1.54) is 0 Å². The number of hydrogen-bond acceptors (Lipinski definition) is 3. The summed E-state index contributed by atoms with van der Waals surface area (Å²) in [5.74, 6) is 0.734. The standard InChI is InChI=1S/C19H18O4/c1-2-22-15-10-12-19(13-11-15,23-18(20)21)17-9-5-7-14-6-3-4-8-16(14)17/h3-12H,2,13H2,1H3,(H,20,21). The van der Waals surface area contributed by atoms with Gasteiger partial charge in [-0.1, -0.05) is 42.5 Å². The van der Waals surface area contributed by atoms with Gasteiger partial charge in [-0.3, -0.25) is 0 Å². The summed E-state index contributed by atoms with van der Waals surface area (Å²) in [7, 11) is 0. The van der Waals surface area contributed by atoms with Gasteiger partial charge in [0.1, 0.15) is 5.76 Å². The van der Waals surface area contributed by atoms with E-state index in [0.29, 0.717) is 13.0 Å².